The summed E-state index contributed by atoms with van der Waals surface area (Å²) in [6.07, 6.45) is 5.25. The highest BCUT2D eigenvalue weighted by atomic mass is 35.5. The molecule has 3 atom stereocenters. The number of aliphatic hydroxyl groups is 1. The number of amides is 1. The molecule has 2 aliphatic heterocycles. The third kappa shape index (κ3) is 6.44. The number of piperidine rings is 1. The molecule has 3 unspecified atom stereocenters. The maximum absolute atomic E-state index is 12.9. The lowest BCUT2D eigenvalue weighted by Gasteiger charge is -2.37. The van der Waals surface area contributed by atoms with Crippen LogP contribution in [0.4, 0.5) is 0 Å². The van der Waals surface area contributed by atoms with Gasteiger partial charge in [-0.2, -0.15) is 0 Å². The molecule has 180 valence electrons. The number of methoxy groups -OCH3 is 1. The molecule has 3 heterocycles. The van der Waals surface area contributed by atoms with Crippen molar-refractivity contribution in [2.75, 3.05) is 26.8 Å². The van der Waals surface area contributed by atoms with Crippen LogP contribution in [0.1, 0.15) is 48.5 Å². The number of hydrogen-bond acceptors (Lipinski definition) is 6. The van der Waals surface area contributed by atoms with Gasteiger partial charge in [0.05, 0.1) is 25.5 Å². The molecule has 1 aromatic heterocycles. The molecule has 0 aliphatic carbocycles. The van der Waals surface area contributed by atoms with Crippen molar-refractivity contribution in [1.82, 2.24) is 15.2 Å². The predicted octanol–water partition coefficient (Wildman–Crippen LogP) is 3.25. The molecule has 8 heteroatoms. The van der Waals surface area contributed by atoms with Crippen molar-refractivity contribution in [3.63, 3.8) is 0 Å². The van der Waals surface area contributed by atoms with Crippen LogP contribution in [0.25, 0.3) is 0 Å². The predicted molar refractivity (Wildman–Crippen MR) is 128 cm³/mol. The van der Waals surface area contributed by atoms with Crippen LogP contribution < -0.4 is 10.1 Å². The first kappa shape index (κ1) is 25.4. The standard InChI is InChI=1S/C25H33N3O4.ClH/c1-31-22-10-9-18(14-20(22)17-29)15-28-12-4-6-19(16-28)24(21-7-2-3-11-26-21)27-25(30)23-8-5-13-32-23;/h2-3,7,9-11,14,19,23-24,29H,4-6,8,12-13,15-17H2,1H3,(H,27,30);1H. The van der Waals surface area contributed by atoms with Crippen molar-refractivity contribution < 1.29 is 19.4 Å². The molecule has 2 N–H and O–H groups in total. The fourth-order valence-electron chi connectivity index (χ4n) is 4.84. The molecule has 2 aromatic rings. The van der Waals surface area contributed by atoms with E-state index < -0.39 is 0 Å². The Morgan fingerprint density at radius 2 is 2.18 bits per heavy atom. The van der Waals surface area contributed by atoms with E-state index >= 15 is 0 Å². The van der Waals surface area contributed by atoms with E-state index in [4.69, 9.17) is 9.47 Å². The van der Waals surface area contributed by atoms with E-state index in [-0.39, 0.29) is 43.0 Å². The van der Waals surface area contributed by atoms with E-state index in [2.05, 4.69) is 21.3 Å². The zero-order valence-electron chi connectivity index (χ0n) is 19.1. The van der Waals surface area contributed by atoms with Crippen molar-refractivity contribution in [2.24, 2.45) is 5.92 Å². The molecule has 0 saturated carbocycles. The number of likely N-dealkylation sites (tertiary alicyclic amines) is 1. The number of carbonyl (C=O) groups is 1. The Kier molecular flexibility index (Phi) is 9.50. The molecule has 4 rings (SSSR count). The summed E-state index contributed by atoms with van der Waals surface area (Å²) in [6, 6.07) is 11.7. The Hall–Kier alpha value is -2.19. The molecule has 7 nitrogen and oxygen atoms in total. The second kappa shape index (κ2) is 12.3. The fourth-order valence-corrected chi connectivity index (χ4v) is 4.84. The number of benzene rings is 1. The summed E-state index contributed by atoms with van der Waals surface area (Å²) < 4.78 is 10.9. The topological polar surface area (TPSA) is 83.9 Å². The van der Waals surface area contributed by atoms with Gasteiger partial charge in [0.1, 0.15) is 11.9 Å². The normalized spacial score (nSPS) is 21.8. The summed E-state index contributed by atoms with van der Waals surface area (Å²) in [5.41, 5.74) is 2.85. The highest BCUT2D eigenvalue weighted by Crippen LogP contribution is 2.31. The SMILES string of the molecule is COc1ccc(CN2CCCC(C(NC(=O)C3CCCO3)c3ccccn3)C2)cc1CO.Cl. The van der Waals surface area contributed by atoms with Gasteiger partial charge in [-0.15, -0.1) is 12.4 Å². The Balaban J connectivity index is 0.00000306. The van der Waals surface area contributed by atoms with E-state index in [1.165, 1.54) is 0 Å². The molecule has 1 aromatic carbocycles. The molecule has 2 saturated heterocycles. The maximum atomic E-state index is 12.9. The van der Waals surface area contributed by atoms with Crippen LogP contribution >= 0.6 is 12.4 Å². The minimum absolute atomic E-state index is 0. The van der Waals surface area contributed by atoms with Gasteiger partial charge in [-0.25, -0.2) is 0 Å². The first-order valence-corrected chi connectivity index (χ1v) is 11.5. The summed E-state index contributed by atoms with van der Waals surface area (Å²) in [4.78, 5) is 19.9. The summed E-state index contributed by atoms with van der Waals surface area (Å²) in [7, 11) is 1.62. The molecule has 0 radical (unpaired) electrons. The van der Waals surface area contributed by atoms with Gasteiger partial charge in [0, 0.05) is 31.5 Å². The van der Waals surface area contributed by atoms with Gasteiger partial charge in [0.15, 0.2) is 0 Å². The van der Waals surface area contributed by atoms with Gasteiger partial charge in [-0.05, 0) is 68.0 Å². The number of rotatable bonds is 8. The van der Waals surface area contributed by atoms with Gasteiger partial charge in [0.25, 0.3) is 0 Å². The summed E-state index contributed by atoms with van der Waals surface area (Å²) >= 11 is 0. The number of carbonyl (C=O) groups excluding carboxylic acids is 1. The molecule has 0 bridgehead atoms. The quantitative estimate of drug-likeness (QED) is 0.609. The minimum Gasteiger partial charge on any atom is -0.496 e. The van der Waals surface area contributed by atoms with Crippen LogP contribution in [0.3, 0.4) is 0 Å². The summed E-state index contributed by atoms with van der Waals surface area (Å²) in [5, 5.41) is 12.9. The van der Waals surface area contributed by atoms with E-state index in [1.54, 1.807) is 13.3 Å². The number of pyridine rings is 1. The Labute approximate surface area is 201 Å². The number of aromatic nitrogens is 1. The van der Waals surface area contributed by atoms with Gasteiger partial charge in [0.2, 0.25) is 5.91 Å². The van der Waals surface area contributed by atoms with Crippen molar-refractivity contribution >= 4 is 18.3 Å². The maximum Gasteiger partial charge on any atom is 0.249 e. The number of aliphatic hydroxyl groups excluding tert-OH is 1. The van der Waals surface area contributed by atoms with Crippen LogP contribution in [-0.4, -0.2) is 53.8 Å². The minimum atomic E-state index is -0.350. The van der Waals surface area contributed by atoms with E-state index in [9.17, 15) is 9.90 Å². The monoisotopic (exact) mass is 475 g/mol. The summed E-state index contributed by atoms with van der Waals surface area (Å²) in [5.74, 6) is 0.942. The largest absolute Gasteiger partial charge is 0.496 e. The first-order chi connectivity index (χ1) is 15.7. The average Bonchev–Trinajstić information content (AvgIpc) is 3.38. The average molecular weight is 476 g/mol. The Bertz CT molecular complexity index is 892. The zero-order chi connectivity index (χ0) is 22.3. The van der Waals surface area contributed by atoms with E-state index in [1.807, 2.05) is 30.3 Å². The number of ether oxygens (including phenoxy) is 2. The van der Waals surface area contributed by atoms with Gasteiger partial charge >= 0.3 is 0 Å². The molecule has 2 aliphatic rings. The van der Waals surface area contributed by atoms with Crippen molar-refractivity contribution in [3.8, 4) is 5.75 Å². The number of halogens is 1. The van der Waals surface area contributed by atoms with Crippen molar-refractivity contribution in [3.05, 3.63) is 59.4 Å². The molecule has 33 heavy (non-hydrogen) atoms. The molecule has 2 fully saturated rings. The smallest absolute Gasteiger partial charge is 0.249 e. The fraction of sp³-hybridized carbons (Fsp3) is 0.520. The number of hydrogen-bond donors (Lipinski definition) is 2. The highest BCUT2D eigenvalue weighted by molar-refractivity contribution is 5.85. The lowest BCUT2D eigenvalue weighted by Crippen LogP contribution is -2.45. The van der Waals surface area contributed by atoms with Crippen LogP contribution in [0.2, 0.25) is 0 Å². The van der Waals surface area contributed by atoms with E-state index in [0.29, 0.717) is 12.4 Å². The molecular weight excluding hydrogens is 442 g/mol. The van der Waals surface area contributed by atoms with Crippen molar-refractivity contribution in [2.45, 2.75) is 51.0 Å². The molecule has 1 amide bonds. The second-order valence-corrected chi connectivity index (χ2v) is 8.68. The lowest BCUT2D eigenvalue weighted by atomic mass is 9.88. The third-order valence-electron chi connectivity index (χ3n) is 6.46. The molecule has 0 spiro atoms. The second-order valence-electron chi connectivity index (χ2n) is 8.68. The first-order valence-electron chi connectivity index (χ1n) is 11.5. The van der Waals surface area contributed by atoms with Gasteiger partial charge < -0.3 is 19.9 Å². The van der Waals surface area contributed by atoms with Crippen molar-refractivity contribution in [1.29, 1.82) is 0 Å². The zero-order valence-corrected chi connectivity index (χ0v) is 19.9. The van der Waals surface area contributed by atoms with Crippen LogP contribution in [-0.2, 0) is 22.7 Å². The van der Waals surface area contributed by atoms with Gasteiger partial charge in [-0.1, -0.05) is 12.1 Å². The number of nitrogens with zero attached hydrogens (tertiary/aromatic N) is 2. The highest BCUT2D eigenvalue weighted by Gasteiger charge is 2.33. The van der Waals surface area contributed by atoms with Crippen LogP contribution in [0.5, 0.6) is 5.75 Å². The van der Waals surface area contributed by atoms with E-state index in [0.717, 1.165) is 62.1 Å². The Morgan fingerprint density at radius 1 is 1.30 bits per heavy atom. The lowest BCUT2D eigenvalue weighted by molar-refractivity contribution is -0.131. The van der Waals surface area contributed by atoms with Gasteiger partial charge in [-0.3, -0.25) is 14.7 Å². The molecular formula is C25H34ClN3O4. The third-order valence-corrected chi connectivity index (χ3v) is 6.46. The number of nitrogens with one attached hydrogen (secondary N) is 1. The van der Waals surface area contributed by atoms with Crippen LogP contribution in [0.15, 0.2) is 42.6 Å². The Morgan fingerprint density at radius 3 is 2.88 bits per heavy atom. The van der Waals surface area contributed by atoms with Crippen LogP contribution in [0, 0.1) is 5.92 Å². The summed E-state index contributed by atoms with van der Waals surface area (Å²) in [6.45, 7) is 3.28.